The zero-order valence-electron chi connectivity index (χ0n) is 17.2. The van der Waals surface area contributed by atoms with Crippen molar-refractivity contribution in [2.45, 2.75) is 19.5 Å². The highest BCUT2D eigenvalue weighted by molar-refractivity contribution is 5.93. The van der Waals surface area contributed by atoms with Gasteiger partial charge in [-0.2, -0.15) is 0 Å². The molecule has 0 bridgehead atoms. The molecule has 4 rings (SSSR count). The maximum absolute atomic E-state index is 13.1. The summed E-state index contributed by atoms with van der Waals surface area (Å²) in [5, 5.41) is 2.83. The first-order valence-electron chi connectivity index (χ1n) is 9.74. The quantitative estimate of drug-likeness (QED) is 0.464. The molecule has 0 saturated heterocycles. The second-order valence-electron chi connectivity index (χ2n) is 7.01. The average molecular weight is 418 g/mol. The van der Waals surface area contributed by atoms with Crippen LogP contribution in [-0.2, 0) is 6.54 Å². The molecule has 0 radical (unpaired) electrons. The van der Waals surface area contributed by atoms with E-state index in [1.807, 2.05) is 31.2 Å². The Morgan fingerprint density at radius 1 is 1.29 bits per heavy atom. The number of carbonyl (C=O) groups is 1. The van der Waals surface area contributed by atoms with E-state index in [2.05, 4.69) is 16.9 Å². The molecule has 31 heavy (non-hydrogen) atoms. The Bertz CT molecular complexity index is 1280. The van der Waals surface area contributed by atoms with Gasteiger partial charge in [0, 0.05) is 24.5 Å². The molecule has 0 fully saturated rings. The molecule has 0 saturated carbocycles. The smallest absolute Gasteiger partial charge is 0.295 e. The largest absolute Gasteiger partial charge is 0.497 e. The number of furan rings is 1. The van der Waals surface area contributed by atoms with Crippen molar-refractivity contribution in [1.82, 2.24) is 19.3 Å². The SMILES string of the molecule is C=CCn1c(-c2ccc(OC)cc2)cn2cc(C(=O)N[C@@H](C)c3ccco3)nc2c1=O. The fourth-order valence-electron chi connectivity index (χ4n) is 3.37. The van der Waals surface area contributed by atoms with Gasteiger partial charge in [-0.15, -0.1) is 6.58 Å². The number of rotatable bonds is 7. The van der Waals surface area contributed by atoms with Gasteiger partial charge in [-0.1, -0.05) is 6.08 Å². The number of benzene rings is 1. The van der Waals surface area contributed by atoms with Crippen molar-refractivity contribution in [2.75, 3.05) is 7.11 Å². The van der Waals surface area contributed by atoms with Crippen molar-refractivity contribution in [2.24, 2.45) is 0 Å². The summed E-state index contributed by atoms with van der Waals surface area (Å²) in [6, 6.07) is 10.6. The third-order valence-electron chi connectivity index (χ3n) is 4.97. The van der Waals surface area contributed by atoms with Gasteiger partial charge in [0.2, 0.25) is 5.65 Å². The fourth-order valence-corrected chi connectivity index (χ4v) is 3.37. The predicted octanol–water partition coefficient (Wildman–Crippen LogP) is 3.44. The third kappa shape index (κ3) is 3.87. The Morgan fingerprint density at radius 2 is 2.06 bits per heavy atom. The van der Waals surface area contributed by atoms with Gasteiger partial charge in [0.25, 0.3) is 11.5 Å². The molecule has 0 aliphatic rings. The Morgan fingerprint density at radius 3 is 2.71 bits per heavy atom. The zero-order chi connectivity index (χ0) is 22.0. The Kier molecular flexibility index (Phi) is 5.44. The molecular formula is C23H22N4O4. The molecule has 1 N–H and O–H groups in total. The van der Waals surface area contributed by atoms with Crippen LogP contribution in [0.5, 0.6) is 5.75 Å². The number of carbonyl (C=O) groups excluding carboxylic acids is 1. The highest BCUT2D eigenvalue weighted by Gasteiger charge is 2.19. The van der Waals surface area contributed by atoms with Gasteiger partial charge < -0.3 is 14.5 Å². The lowest BCUT2D eigenvalue weighted by Gasteiger charge is -2.12. The van der Waals surface area contributed by atoms with Gasteiger partial charge in [-0.05, 0) is 43.3 Å². The van der Waals surface area contributed by atoms with E-state index in [0.717, 1.165) is 11.3 Å². The number of ether oxygens (including phenoxy) is 1. The van der Waals surface area contributed by atoms with Crippen molar-refractivity contribution in [3.63, 3.8) is 0 Å². The third-order valence-corrected chi connectivity index (χ3v) is 4.97. The summed E-state index contributed by atoms with van der Waals surface area (Å²) < 4.78 is 13.7. The molecule has 158 valence electrons. The number of fused-ring (bicyclic) bond motifs is 1. The highest BCUT2D eigenvalue weighted by Crippen LogP contribution is 2.22. The molecule has 1 aromatic carbocycles. The molecule has 1 atom stereocenters. The van der Waals surface area contributed by atoms with Gasteiger partial charge in [0.15, 0.2) is 0 Å². The first kappa shape index (κ1) is 20.2. The maximum atomic E-state index is 13.1. The van der Waals surface area contributed by atoms with E-state index >= 15 is 0 Å². The van der Waals surface area contributed by atoms with E-state index in [4.69, 9.17) is 9.15 Å². The van der Waals surface area contributed by atoms with E-state index in [-0.39, 0.29) is 22.9 Å². The summed E-state index contributed by atoms with van der Waals surface area (Å²) in [5.41, 5.74) is 1.50. The van der Waals surface area contributed by atoms with Crippen LogP contribution in [0.1, 0.15) is 29.2 Å². The second kappa shape index (κ2) is 8.35. The Balaban J connectivity index is 1.74. The van der Waals surface area contributed by atoms with E-state index in [9.17, 15) is 9.59 Å². The molecule has 4 aromatic rings. The Hall–Kier alpha value is -4.07. The molecule has 0 unspecified atom stereocenters. The molecule has 3 heterocycles. The maximum Gasteiger partial charge on any atom is 0.295 e. The summed E-state index contributed by atoms with van der Waals surface area (Å²) in [5.74, 6) is 0.954. The average Bonchev–Trinajstić information content (AvgIpc) is 3.46. The molecule has 8 nitrogen and oxygen atoms in total. The van der Waals surface area contributed by atoms with Gasteiger partial charge in [0.05, 0.1) is 25.1 Å². The van der Waals surface area contributed by atoms with Crippen LogP contribution < -0.4 is 15.6 Å². The molecule has 0 aliphatic carbocycles. The molecule has 0 aliphatic heterocycles. The van der Waals surface area contributed by atoms with Crippen LogP contribution in [0, 0.1) is 0 Å². The minimum Gasteiger partial charge on any atom is -0.497 e. The van der Waals surface area contributed by atoms with Crippen LogP contribution in [0.15, 0.2) is 76.9 Å². The highest BCUT2D eigenvalue weighted by atomic mass is 16.5. The minimum atomic E-state index is -0.395. The summed E-state index contributed by atoms with van der Waals surface area (Å²) in [7, 11) is 1.60. The normalized spacial score (nSPS) is 11.9. The van der Waals surface area contributed by atoms with Crippen LogP contribution in [0.3, 0.4) is 0 Å². The summed E-state index contributed by atoms with van der Waals surface area (Å²) in [6.45, 7) is 5.87. The zero-order valence-corrected chi connectivity index (χ0v) is 17.2. The van der Waals surface area contributed by atoms with E-state index in [1.165, 1.54) is 0 Å². The summed E-state index contributed by atoms with van der Waals surface area (Å²) in [6.07, 6.45) is 6.52. The molecule has 1 amide bonds. The van der Waals surface area contributed by atoms with Crippen molar-refractivity contribution in [3.05, 3.63) is 89.5 Å². The van der Waals surface area contributed by atoms with Crippen LogP contribution in [0.4, 0.5) is 0 Å². The lowest BCUT2D eigenvalue weighted by atomic mass is 10.1. The lowest BCUT2D eigenvalue weighted by Crippen LogP contribution is -2.26. The van der Waals surface area contributed by atoms with Crippen molar-refractivity contribution < 1.29 is 13.9 Å². The van der Waals surface area contributed by atoms with Crippen molar-refractivity contribution in [3.8, 4) is 17.0 Å². The van der Waals surface area contributed by atoms with Gasteiger partial charge in [-0.3, -0.25) is 18.6 Å². The minimum absolute atomic E-state index is 0.146. The van der Waals surface area contributed by atoms with Gasteiger partial charge in [0.1, 0.15) is 17.2 Å². The monoisotopic (exact) mass is 418 g/mol. The van der Waals surface area contributed by atoms with Crippen LogP contribution in [0.25, 0.3) is 16.9 Å². The van der Waals surface area contributed by atoms with Crippen LogP contribution >= 0.6 is 0 Å². The number of imidazole rings is 1. The molecular weight excluding hydrogens is 396 g/mol. The van der Waals surface area contributed by atoms with Crippen LogP contribution in [-0.4, -0.2) is 27.0 Å². The molecule has 3 aromatic heterocycles. The van der Waals surface area contributed by atoms with E-state index < -0.39 is 5.91 Å². The number of allylic oxidation sites excluding steroid dienone is 1. The Labute approximate surface area is 178 Å². The second-order valence-corrected chi connectivity index (χ2v) is 7.01. The number of hydrogen-bond donors (Lipinski definition) is 1. The molecule has 0 spiro atoms. The number of nitrogens with one attached hydrogen (secondary N) is 1. The fraction of sp³-hybridized carbons (Fsp3) is 0.174. The van der Waals surface area contributed by atoms with Gasteiger partial charge >= 0.3 is 0 Å². The number of aromatic nitrogens is 3. The van der Waals surface area contributed by atoms with E-state index in [0.29, 0.717) is 18.0 Å². The van der Waals surface area contributed by atoms with Gasteiger partial charge in [-0.25, -0.2) is 4.98 Å². The first-order chi connectivity index (χ1) is 15.0. The lowest BCUT2D eigenvalue weighted by molar-refractivity contribution is 0.0931. The summed E-state index contributed by atoms with van der Waals surface area (Å²) >= 11 is 0. The first-order valence-corrected chi connectivity index (χ1v) is 9.74. The van der Waals surface area contributed by atoms with Crippen molar-refractivity contribution in [1.29, 1.82) is 0 Å². The number of methoxy groups -OCH3 is 1. The summed E-state index contributed by atoms with van der Waals surface area (Å²) in [4.78, 5) is 30.1. The van der Waals surface area contributed by atoms with Crippen molar-refractivity contribution >= 4 is 11.6 Å². The predicted molar refractivity (Wildman–Crippen MR) is 116 cm³/mol. The van der Waals surface area contributed by atoms with E-state index in [1.54, 1.807) is 52.9 Å². The topological polar surface area (TPSA) is 90.8 Å². The standard InChI is InChI=1S/C23H22N4O4/c1-4-11-27-19(16-7-9-17(30-3)10-8-16)14-26-13-18(25-21(26)23(27)29)22(28)24-15(2)20-6-5-12-31-20/h4-10,12-15H,1,11H2,2-3H3,(H,24,28)/t15-/m0/s1. The number of hydrogen-bond acceptors (Lipinski definition) is 5. The molecule has 8 heteroatoms. The van der Waals surface area contributed by atoms with Crippen LogP contribution in [0.2, 0.25) is 0 Å². The number of nitrogens with zero attached hydrogens (tertiary/aromatic N) is 3. The number of amides is 1.